The summed E-state index contributed by atoms with van der Waals surface area (Å²) in [5, 5.41) is 16.8. The maximum absolute atomic E-state index is 12.0. The number of benzene rings is 2. The average molecular weight is 525 g/mol. The summed E-state index contributed by atoms with van der Waals surface area (Å²) in [4.78, 5) is 27.8. The number of aromatic nitrogens is 1. The number of cyclic esters (lactones) is 1. The van der Waals surface area contributed by atoms with Crippen LogP contribution in [0.1, 0.15) is 22.8 Å². The Morgan fingerprint density at radius 3 is 2.63 bits per heavy atom. The minimum atomic E-state index is -0.345. The van der Waals surface area contributed by atoms with Crippen molar-refractivity contribution in [2.24, 2.45) is 5.92 Å². The number of nitrogens with zero attached hydrogens (tertiary/aromatic N) is 2. The van der Waals surface area contributed by atoms with Gasteiger partial charge in [0.1, 0.15) is 18.0 Å². The van der Waals surface area contributed by atoms with Gasteiger partial charge >= 0.3 is 5.97 Å². The number of furan rings is 1. The minimum absolute atomic E-state index is 0.184. The van der Waals surface area contributed by atoms with Gasteiger partial charge in [0.05, 0.1) is 40.3 Å². The van der Waals surface area contributed by atoms with E-state index in [9.17, 15) is 14.9 Å². The lowest BCUT2D eigenvalue weighted by Gasteiger charge is -2.23. The highest BCUT2D eigenvalue weighted by Crippen LogP contribution is 2.36. The highest BCUT2D eigenvalue weighted by Gasteiger charge is 2.36. The summed E-state index contributed by atoms with van der Waals surface area (Å²) < 4.78 is 10.3. The van der Waals surface area contributed by atoms with Gasteiger partial charge in [0.25, 0.3) is 5.91 Å². The maximum Gasteiger partial charge on any atom is 0.336 e. The van der Waals surface area contributed by atoms with Crippen LogP contribution in [-0.4, -0.2) is 23.5 Å². The van der Waals surface area contributed by atoms with Crippen LogP contribution in [0.15, 0.2) is 100 Å². The molecular formula is C29H21ClN4O4. The molecule has 0 radical (unpaired) electrons. The van der Waals surface area contributed by atoms with E-state index in [2.05, 4.69) is 21.7 Å². The van der Waals surface area contributed by atoms with Gasteiger partial charge in [-0.1, -0.05) is 48.9 Å². The highest BCUT2D eigenvalue weighted by molar-refractivity contribution is 6.30. The van der Waals surface area contributed by atoms with E-state index in [-0.39, 0.29) is 24.4 Å². The van der Waals surface area contributed by atoms with E-state index in [1.165, 1.54) is 0 Å². The summed E-state index contributed by atoms with van der Waals surface area (Å²) in [6.45, 7) is 2.07. The van der Waals surface area contributed by atoms with Crippen molar-refractivity contribution in [2.45, 2.75) is 6.92 Å². The summed E-state index contributed by atoms with van der Waals surface area (Å²) in [7, 11) is 0. The molecule has 9 heteroatoms. The molecule has 0 saturated heterocycles. The summed E-state index contributed by atoms with van der Waals surface area (Å²) in [6, 6.07) is 22.0. The standard InChI is InChI=1S/C15H11ClN2O2.C14H10N2O2/c1-8-11(6-17)14(9-2-4-10(16)5-3-9)18-12-7-20-15(19)13(8)12;17-14(10-4-2-1-3-5-10)16-13-11-7-9-18-12(11)6-8-15-13/h2-5,8,18H,7H2,1H3;1-9H,(H,15,16,17). The fraction of sp³-hybridized carbons (Fsp3) is 0.103. The molecule has 188 valence electrons. The number of pyridine rings is 1. The van der Waals surface area contributed by atoms with Crippen molar-refractivity contribution in [2.75, 3.05) is 11.9 Å². The van der Waals surface area contributed by atoms with Crippen LogP contribution < -0.4 is 10.6 Å². The largest absolute Gasteiger partial charge is 0.464 e. The predicted molar refractivity (Wildman–Crippen MR) is 143 cm³/mol. The van der Waals surface area contributed by atoms with E-state index >= 15 is 0 Å². The van der Waals surface area contributed by atoms with Crippen LogP contribution in [0, 0.1) is 17.2 Å². The predicted octanol–water partition coefficient (Wildman–Crippen LogP) is 5.70. The molecule has 2 aliphatic rings. The van der Waals surface area contributed by atoms with Crippen molar-refractivity contribution < 1.29 is 18.7 Å². The summed E-state index contributed by atoms with van der Waals surface area (Å²) in [6.07, 6.45) is 3.18. The molecule has 1 unspecified atom stereocenters. The Labute approximate surface area is 223 Å². The Kier molecular flexibility index (Phi) is 6.94. The van der Waals surface area contributed by atoms with Gasteiger partial charge in [0.2, 0.25) is 0 Å². The van der Waals surface area contributed by atoms with Gasteiger partial charge in [-0.25, -0.2) is 9.78 Å². The first-order chi connectivity index (χ1) is 18.5. The molecule has 0 spiro atoms. The van der Waals surface area contributed by atoms with Gasteiger partial charge in [-0.2, -0.15) is 5.26 Å². The fourth-order valence-corrected chi connectivity index (χ4v) is 4.42. The number of halogens is 1. The second-order valence-electron chi connectivity index (χ2n) is 8.53. The monoisotopic (exact) mass is 524 g/mol. The molecule has 0 saturated carbocycles. The lowest BCUT2D eigenvalue weighted by atomic mass is 9.86. The van der Waals surface area contributed by atoms with Gasteiger partial charge in [-0.3, -0.25) is 4.79 Å². The third kappa shape index (κ3) is 4.88. The van der Waals surface area contributed by atoms with Crippen molar-refractivity contribution in [1.29, 1.82) is 5.26 Å². The van der Waals surface area contributed by atoms with E-state index in [1.54, 1.807) is 48.9 Å². The second kappa shape index (κ2) is 10.6. The topological polar surface area (TPSA) is 117 Å². The number of hydrogen-bond acceptors (Lipinski definition) is 7. The maximum atomic E-state index is 12.0. The first-order valence-corrected chi connectivity index (χ1v) is 12.1. The van der Waals surface area contributed by atoms with Crippen LogP contribution in [0.25, 0.3) is 16.7 Å². The summed E-state index contributed by atoms with van der Waals surface area (Å²) in [5.41, 5.74) is 4.71. The average Bonchev–Trinajstić information content (AvgIpc) is 3.57. The summed E-state index contributed by atoms with van der Waals surface area (Å²) in [5.74, 6) is -0.285. The molecule has 0 fully saturated rings. The van der Waals surface area contributed by atoms with Crippen LogP contribution in [0.5, 0.6) is 0 Å². The molecule has 2 aliphatic heterocycles. The van der Waals surface area contributed by atoms with Crippen molar-refractivity contribution in [1.82, 2.24) is 10.3 Å². The Morgan fingerprint density at radius 1 is 1.13 bits per heavy atom. The number of dihydropyridines is 1. The van der Waals surface area contributed by atoms with Gasteiger partial charge in [0, 0.05) is 22.7 Å². The first-order valence-electron chi connectivity index (χ1n) is 11.7. The molecule has 1 atom stereocenters. The van der Waals surface area contributed by atoms with Crippen molar-refractivity contribution in [3.8, 4) is 6.07 Å². The van der Waals surface area contributed by atoms with Gasteiger partial charge in [-0.15, -0.1) is 0 Å². The van der Waals surface area contributed by atoms with Crippen LogP contribution >= 0.6 is 11.6 Å². The minimum Gasteiger partial charge on any atom is -0.464 e. The summed E-state index contributed by atoms with van der Waals surface area (Å²) >= 11 is 5.88. The number of ether oxygens (including phenoxy) is 1. The van der Waals surface area contributed by atoms with E-state index in [1.807, 2.05) is 37.3 Å². The zero-order valence-corrected chi connectivity index (χ0v) is 21.0. The number of carbonyl (C=O) groups is 2. The number of amides is 1. The molecular weight excluding hydrogens is 504 g/mol. The Bertz CT molecular complexity index is 1630. The van der Waals surface area contributed by atoms with E-state index < -0.39 is 0 Å². The van der Waals surface area contributed by atoms with Gasteiger partial charge < -0.3 is 19.8 Å². The number of esters is 1. The van der Waals surface area contributed by atoms with Crippen molar-refractivity contribution >= 4 is 46.0 Å². The molecule has 4 aromatic rings. The molecule has 2 aromatic heterocycles. The normalized spacial score (nSPS) is 16.1. The van der Waals surface area contributed by atoms with E-state index in [4.69, 9.17) is 20.8 Å². The number of nitrogens with one attached hydrogen (secondary N) is 2. The first kappa shape index (κ1) is 24.8. The quantitative estimate of drug-likeness (QED) is 0.330. The molecule has 0 aliphatic carbocycles. The smallest absolute Gasteiger partial charge is 0.336 e. The van der Waals surface area contributed by atoms with Gasteiger partial charge in [0.15, 0.2) is 0 Å². The second-order valence-corrected chi connectivity index (χ2v) is 8.97. The number of rotatable bonds is 3. The molecule has 1 amide bonds. The number of nitriles is 1. The number of allylic oxidation sites excluding steroid dienone is 1. The van der Waals surface area contributed by atoms with Crippen LogP contribution in [0.3, 0.4) is 0 Å². The molecule has 8 nitrogen and oxygen atoms in total. The van der Waals surface area contributed by atoms with E-state index in [0.29, 0.717) is 38.8 Å². The molecule has 6 rings (SSSR count). The number of anilines is 1. The van der Waals surface area contributed by atoms with Crippen LogP contribution in [0.2, 0.25) is 5.02 Å². The van der Waals surface area contributed by atoms with Crippen molar-refractivity contribution in [3.05, 3.63) is 112 Å². The fourth-order valence-electron chi connectivity index (χ4n) is 4.30. The number of fused-ring (bicyclic) bond motifs is 1. The molecule has 0 bridgehead atoms. The highest BCUT2D eigenvalue weighted by atomic mass is 35.5. The van der Waals surface area contributed by atoms with Crippen molar-refractivity contribution in [3.63, 3.8) is 0 Å². The SMILES string of the molecule is CC1C(C#N)=C(c2ccc(Cl)cc2)NC2=C1C(=O)OC2.O=C(Nc1nccc2occc12)c1ccccc1. The molecule has 2 N–H and O–H groups in total. The Morgan fingerprint density at radius 2 is 1.89 bits per heavy atom. The molecule has 2 aromatic carbocycles. The van der Waals surface area contributed by atoms with Crippen LogP contribution in [0.4, 0.5) is 5.82 Å². The lowest BCUT2D eigenvalue weighted by molar-refractivity contribution is -0.136. The third-order valence-corrected chi connectivity index (χ3v) is 6.46. The Balaban J connectivity index is 0.000000156. The number of carbonyl (C=O) groups excluding carboxylic acids is 2. The Hall–Kier alpha value is -4.87. The molecule has 4 heterocycles. The number of hydrogen-bond donors (Lipinski definition) is 2. The molecule has 38 heavy (non-hydrogen) atoms. The third-order valence-electron chi connectivity index (χ3n) is 6.20. The van der Waals surface area contributed by atoms with Gasteiger partial charge in [-0.05, 0) is 42.0 Å². The zero-order valence-electron chi connectivity index (χ0n) is 20.2. The lowest BCUT2D eigenvalue weighted by Crippen LogP contribution is -2.25. The van der Waals surface area contributed by atoms with E-state index in [0.717, 1.165) is 16.6 Å². The van der Waals surface area contributed by atoms with Crippen LogP contribution in [-0.2, 0) is 9.53 Å². The zero-order chi connectivity index (χ0) is 26.6.